The fraction of sp³-hybridized carbons (Fsp3) is 0.435. The molecule has 3 heterocycles. The van der Waals surface area contributed by atoms with Gasteiger partial charge in [-0.15, -0.1) is 11.3 Å². The van der Waals surface area contributed by atoms with E-state index in [2.05, 4.69) is 9.97 Å². The Kier molecular flexibility index (Phi) is 6.18. The maximum Gasteiger partial charge on any atom is 0.228 e. The number of oxazole rings is 1. The van der Waals surface area contributed by atoms with E-state index in [0.29, 0.717) is 18.7 Å². The minimum Gasteiger partial charge on any atom is -0.497 e. The molecule has 0 bridgehead atoms. The number of methoxy groups -OCH3 is 1. The van der Waals surface area contributed by atoms with Crippen LogP contribution in [-0.4, -0.2) is 34.4 Å². The van der Waals surface area contributed by atoms with Gasteiger partial charge in [-0.05, 0) is 50.8 Å². The van der Waals surface area contributed by atoms with Crippen molar-refractivity contribution < 1.29 is 13.9 Å². The summed E-state index contributed by atoms with van der Waals surface area (Å²) < 4.78 is 11.4. The van der Waals surface area contributed by atoms with Gasteiger partial charge in [-0.3, -0.25) is 4.79 Å². The number of nitrogens with zero attached hydrogens (tertiary/aromatic N) is 3. The molecule has 0 spiro atoms. The lowest BCUT2D eigenvalue weighted by molar-refractivity contribution is -0.134. The Hall–Kier alpha value is -2.67. The second-order valence-corrected chi connectivity index (χ2v) is 9.00. The van der Waals surface area contributed by atoms with Crippen molar-refractivity contribution in [3.05, 3.63) is 63.3 Å². The van der Waals surface area contributed by atoms with Crippen molar-refractivity contribution in [3.63, 3.8) is 0 Å². The number of carbonyl (C=O) groups is 1. The number of thiazole rings is 1. The number of hydrogen-bond donors (Lipinski definition) is 0. The lowest BCUT2D eigenvalue weighted by Crippen LogP contribution is -2.39. The van der Waals surface area contributed by atoms with Crippen molar-refractivity contribution in [1.29, 1.82) is 0 Å². The van der Waals surface area contributed by atoms with E-state index in [-0.39, 0.29) is 11.9 Å². The van der Waals surface area contributed by atoms with Crippen LogP contribution in [0.15, 0.2) is 34.9 Å². The van der Waals surface area contributed by atoms with Crippen LogP contribution >= 0.6 is 11.3 Å². The summed E-state index contributed by atoms with van der Waals surface area (Å²) in [6.45, 7) is 4.69. The zero-order chi connectivity index (χ0) is 21.1. The normalized spacial score (nSPS) is 16.6. The number of rotatable bonds is 6. The topological polar surface area (TPSA) is 68.5 Å². The molecule has 1 aromatic carbocycles. The summed E-state index contributed by atoms with van der Waals surface area (Å²) in [7, 11) is 1.66. The van der Waals surface area contributed by atoms with Gasteiger partial charge in [-0.2, -0.15) is 0 Å². The van der Waals surface area contributed by atoms with Gasteiger partial charge in [0.15, 0.2) is 0 Å². The summed E-state index contributed by atoms with van der Waals surface area (Å²) >= 11 is 1.60. The van der Waals surface area contributed by atoms with E-state index in [1.165, 1.54) is 0 Å². The largest absolute Gasteiger partial charge is 0.497 e. The number of carbonyl (C=O) groups excluding carboxylic acids is 1. The third-order valence-corrected chi connectivity index (χ3v) is 6.58. The van der Waals surface area contributed by atoms with Gasteiger partial charge in [0.2, 0.25) is 11.8 Å². The van der Waals surface area contributed by atoms with E-state index >= 15 is 0 Å². The van der Waals surface area contributed by atoms with Gasteiger partial charge in [0.05, 0.1) is 30.4 Å². The molecule has 0 saturated carbocycles. The molecule has 30 heavy (non-hydrogen) atoms. The van der Waals surface area contributed by atoms with E-state index in [9.17, 15) is 4.79 Å². The van der Waals surface area contributed by atoms with Crippen LogP contribution in [0, 0.1) is 13.8 Å². The highest BCUT2D eigenvalue weighted by atomic mass is 32.1. The van der Waals surface area contributed by atoms with Crippen molar-refractivity contribution in [2.24, 2.45) is 0 Å². The predicted octanol–water partition coefficient (Wildman–Crippen LogP) is 4.64. The van der Waals surface area contributed by atoms with Crippen LogP contribution in [0.4, 0.5) is 0 Å². The Labute approximate surface area is 180 Å². The van der Waals surface area contributed by atoms with Crippen LogP contribution < -0.4 is 4.74 Å². The number of aromatic nitrogens is 2. The number of piperidine rings is 1. The number of ether oxygens (including phenoxy) is 1. The minimum atomic E-state index is -0.0976. The van der Waals surface area contributed by atoms with Crippen LogP contribution in [0.3, 0.4) is 0 Å². The standard InChI is InChI=1S/C23H27N3O3S/c1-15-21(30-16(2)25-15)13-22(27)26-10-5-4-9-20(26)23-24-14-19(29-23)12-17-7-6-8-18(11-17)28-3/h6-8,11,14,20H,4-5,9-10,12-13H2,1-3H3/t20-/m1/s1. The highest BCUT2D eigenvalue weighted by Crippen LogP contribution is 2.32. The van der Waals surface area contributed by atoms with Gasteiger partial charge < -0.3 is 14.1 Å². The molecular weight excluding hydrogens is 398 g/mol. The molecule has 3 aromatic rings. The SMILES string of the molecule is COc1cccc(Cc2cnc([C@H]3CCCCN3C(=O)Cc3sc(C)nc3C)o2)c1. The highest BCUT2D eigenvalue weighted by molar-refractivity contribution is 7.11. The molecule has 158 valence electrons. The van der Waals surface area contributed by atoms with Crippen LogP contribution in [0.25, 0.3) is 0 Å². The second kappa shape index (κ2) is 9.00. The molecular formula is C23H27N3O3S. The summed E-state index contributed by atoms with van der Waals surface area (Å²) in [5.41, 5.74) is 2.06. The summed E-state index contributed by atoms with van der Waals surface area (Å²) in [5, 5.41) is 1.00. The van der Waals surface area contributed by atoms with Crippen molar-refractivity contribution >= 4 is 17.2 Å². The smallest absolute Gasteiger partial charge is 0.228 e. The molecule has 0 aliphatic carbocycles. The molecule has 1 aliphatic heterocycles. The molecule has 1 fully saturated rings. The number of amides is 1. The Morgan fingerprint density at radius 2 is 2.20 bits per heavy atom. The van der Waals surface area contributed by atoms with Crippen molar-refractivity contribution in [3.8, 4) is 5.75 Å². The highest BCUT2D eigenvalue weighted by Gasteiger charge is 2.31. The lowest BCUT2D eigenvalue weighted by Gasteiger charge is -2.33. The average Bonchev–Trinajstić information content (AvgIpc) is 3.33. The third-order valence-electron chi connectivity index (χ3n) is 5.50. The molecule has 0 radical (unpaired) electrons. The fourth-order valence-corrected chi connectivity index (χ4v) is 4.93. The van der Waals surface area contributed by atoms with Crippen LogP contribution in [-0.2, 0) is 17.6 Å². The molecule has 1 aliphatic rings. The Morgan fingerprint density at radius 1 is 1.33 bits per heavy atom. The van der Waals surface area contributed by atoms with Gasteiger partial charge in [0.25, 0.3) is 0 Å². The Morgan fingerprint density at radius 3 is 2.97 bits per heavy atom. The molecule has 6 nitrogen and oxygen atoms in total. The predicted molar refractivity (Wildman–Crippen MR) is 116 cm³/mol. The third kappa shape index (κ3) is 4.56. The zero-order valence-corrected chi connectivity index (χ0v) is 18.5. The Balaban J connectivity index is 1.48. The fourth-order valence-electron chi connectivity index (χ4n) is 4.01. The summed E-state index contributed by atoms with van der Waals surface area (Å²) in [6.07, 6.45) is 5.78. The summed E-state index contributed by atoms with van der Waals surface area (Å²) in [4.78, 5) is 25.1. The first-order valence-corrected chi connectivity index (χ1v) is 11.1. The molecule has 0 unspecified atom stereocenters. The first-order chi connectivity index (χ1) is 14.5. The lowest BCUT2D eigenvalue weighted by atomic mass is 10.0. The van der Waals surface area contributed by atoms with Crippen LogP contribution in [0.1, 0.15) is 58.1 Å². The quantitative estimate of drug-likeness (QED) is 0.575. The monoisotopic (exact) mass is 425 g/mol. The molecule has 1 atom stereocenters. The van der Waals surface area contributed by atoms with Gasteiger partial charge in [0.1, 0.15) is 17.6 Å². The summed E-state index contributed by atoms with van der Waals surface area (Å²) in [6, 6.07) is 7.83. The van der Waals surface area contributed by atoms with Crippen LogP contribution in [0.5, 0.6) is 5.75 Å². The zero-order valence-electron chi connectivity index (χ0n) is 17.7. The molecule has 1 amide bonds. The van der Waals surface area contributed by atoms with Crippen molar-refractivity contribution in [2.45, 2.75) is 52.0 Å². The number of likely N-dealkylation sites (tertiary alicyclic amines) is 1. The van der Waals surface area contributed by atoms with Gasteiger partial charge in [0, 0.05) is 17.8 Å². The van der Waals surface area contributed by atoms with Crippen LogP contribution in [0.2, 0.25) is 0 Å². The Bertz CT molecular complexity index is 1030. The molecule has 1 saturated heterocycles. The first-order valence-electron chi connectivity index (χ1n) is 10.3. The number of benzene rings is 1. The maximum atomic E-state index is 13.1. The van der Waals surface area contributed by atoms with Gasteiger partial charge >= 0.3 is 0 Å². The van der Waals surface area contributed by atoms with E-state index in [1.54, 1.807) is 24.6 Å². The second-order valence-electron chi connectivity index (χ2n) is 7.71. The van der Waals surface area contributed by atoms with Crippen molar-refractivity contribution in [2.75, 3.05) is 13.7 Å². The van der Waals surface area contributed by atoms with Gasteiger partial charge in [-0.1, -0.05) is 12.1 Å². The summed E-state index contributed by atoms with van der Waals surface area (Å²) in [5.74, 6) is 2.38. The number of hydrogen-bond acceptors (Lipinski definition) is 6. The molecule has 0 N–H and O–H groups in total. The molecule has 4 rings (SSSR count). The first kappa shape index (κ1) is 20.6. The average molecular weight is 426 g/mol. The van der Waals surface area contributed by atoms with E-state index in [0.717, 1.165) is 58.5 Å². The molecule has 7 heteroatoms. The van der Waals surface area contributed by atoms with E-state index in [4.69, 9.17) is 9.15 Å². The molecule has 2 aromatic heterocycles. The van der Waals surface area contributed by atoms with E-state index < -0.39 is 0 Å². The van der Waals surface area contributed by atoms with Gasteiger partial charge in [-0.25, -0.2) is 9.97 Å². The maximum absolute atomic E-state index is 13.1. The minimum absolute atomic E-state index is 0.0976. The van der Waals surface area contributed by atoms with E-state index in [1.807, 2.05) is 43.0 Å². The van der Waals surface area contributed by atoms with Crippen molar-refractivity contribution in [1.82, 2.24) is 14.9 Å². The number of aryl methyl sites for hydroxylation is 2.